The first-order valence-corrected chi connectivity index (χ1v) is 4.67. The van der Waals surface area contributed by atoms with Crippen molar-refractivity contribution in [2.24, 2.45) is 0 Å². The highest BCUT2D eigenvalue weighted by Crippen LogP contribution is 2.46. The summed E-state index contributed by atoms with van der Waals surface area (Å²) in [5, 5.41) is 0.785. The monoisotopic (exact) mass is 190 g/mol. The molecule has 13 heavy (non-hydrogen) atoms. The Hall–Kier alpha value is -1.01. The lowest BCUT2D eigenvalue weighted by molar-refractivity contribution is 0.963. The van der Waals surface area contributed by atoms with E-state index >= 15 is 0 Å². The quantitative estimate of drug-likeness (QED) is 0.580. The molecule has 0 saturated carbocycles. The minimum atomic E-state index is 0.362. The van der Waals surface area contributed by atoms with Crippen LogP contribution in [0.15, 0.2) is 36.9 Å². The lowest BCUT2D eigenvalue weighted by Gasteiger charge is -2.03. The van der Waals surface area contributed by atoms with Gasteiger partial charge in [0.15, 0.2) is 0 Å². The third kappa shape index (κ3) is 1.06. The van der Waals surface area contributed by atoms with Crippen molar-refractivity contribution in [1.29, 1.82) is 0 Å². The minimum Gasteiger partial charge on any atom is -0.0946 e. The molecule has 0 bridgehead atoms. The second-order valence-electron chi connectivity index (χ2n) is 3.43. The van der Waals surface area contributed by atoms with Crippen LogP contribution in [0.3, 0.4) is 0 Å². The van der Waals surface area contributed by atoms with Crippen molar-refractivity contribution < 1.29 is 0 Å². The van der Waals surface area contributed by atoms with E-state index in [9.17, 15) is 0 Å². The maximum atomic E-state index is 6.09. The Labute approximate surface area is 83.5 Å². The van der Waals surface area contributed by atoms with Crippen LogP contribution in [0.5, 0.6) is 0 Å². The highest BCUT2D eigenvalue weighted by molar-refractivity contribution is 6.33. The van der Waals surface area contributed by atoms with Crippen LogP contribution in [0, 0.1) is 0 Å². The minimum absolute atomic E-state index is 0.362. The summed E-state index contributed by atoms with van der Waals surface area (Å²) in [6.45, 7) is 10.2. The van der Waals surface area contributed by atoms with E-state index in [4.69, 9.17) is 11.6 Å². The molecule has 1 unspecified atom stereocenters. The van der Waals surface area contributed by atoms with Crippen LogP contribution >= 0.6 is 11.6 Å². The first-order valence-electron chi connectivity index (χ1n) is 4.29. The molecule has 0 nitrogen and oxygen atoms in total. The van der Waals surface area contributed by atoms with E-state index in [0.29, 0.717) is 5.92 Å². The highest BCUT2D eigenvalue weighted by Gasteiger charge is 2.26. The number of rotatable bonds is 0. The molecule has 0 aromatic heterocycles. The Morgan fingerprint density at radius 3 is 2.62 bits per heavy atom. The Balaban J connectivity index is 2.73. The van der Waals surface area contributed by atoms with Crippen LogP contribution in [-0.2, 0) is 0 Å². The van der Waals surface area contributed by atoms with Crippen molar-refractivity contribution >= 4 is 17.2 Å². The number of allylic oxidation sites excluding steroid dienone is 2. The third-order valence-electron chi connectivity index (χ3n) is 2.72. The van der Waals surface area contributed by atoms with Gasteiger partial charge in [0, 0.05) is 16.5 Å². The lowest BCUT2D eigenvalue weighted by atomic mass is 10.0. The Bertz CT molecular complexity index is 402. The fourth-order valence-electron chi connectivity index (χ4n) is 1.83. The van der Waals surface area contributed by atoms with Gasteiger partial charge in [0.1, 0.15) is 0 Å². The molecule has 0 N–H and O–H groups in total. The normalized spacial score (nSPS) is 20.6. The predicted molar refractivity (Wildman–Crippen MR) is 58.0 cm³/mol. The molecule has 1 heteroatoms. The molecular weight excluding hydrogens is 180 g/mol. The van der Waals surface area contributed by atoms with E-state index < -0.39 is 0 Å². The molecule has 2 rings (SSSR count). The van der Waals surface area contributed by atoms with Crippen LogP contribution in [0.4, 0.5) is 0 Å². The van der Waals surface area contributed by atoms with E-state index in [1.807, 2.05) is 12.1 Å². The van der Waals surface area contributed by atoms with E-state index in [-0.39, 0.29) is 0 Å². The van der Waals surface area contributed by atoms with Crippen molar-refractivity contribution in [2.75, 3.05) is 0 Å². The smallest absolute Gasteiger partial charge is 0.0487 e. The molecule has 0 spiro atoms. The van der Waals surface area contributed by atoms with Crippen LogP contribution in [0.1, 0.15) is 24.0 Å². The fraction of sp³-hybridized carbons (Fsp3) is 0.167. The summed E-state index contributed by atoms with van der Waals surface area (Å²) in [5.41, 5.74) is 4.42. The summed E-state index contributed by atoms with van der Waals surface area (Å²) in [7, 11) is 0. The molecular formula is C12H11Cl. The second-order valence-corrected chi connectivity index (χ2v) is 3.84. The zero-order chi connectivity index (χ0) is 9.59. The van der Waals surface area contributed by atoms with E-state index in [2.05, 4.69) is 26.1 Å². The number of hydrogen-bond acceptors (Lipinski definition) is 0. The Morgan fingerprint density at radius 2 is 2.00 bits per heavy atom. The summed E-state index contributed by atoms with van der Waals surface area (Å²) < 4.78 is 0. The number of benzene rings is 1. The summed E-state index contributed by atoms with van der Waals surface area (Å²) >= 11 is 6.09. The van der Waals surface area contributed by atoms with Crippen molar-refractivity contribution in [3.63, 3.8) is 0 Å². The molecule has 1 aliphatic rings. The SMILES string of the molecule is C=C1C(=C)C(C)c2cccc(Cl)c21. The van der Waals surface area contributed by atoms with Gasteiger partial charge in [-0.15, -0.1) is 0 Å². The zero-order valence-electron chi connectivity index (χ0n) is 7.60. The van der Waals surface area contributed by atoms with Gasteiger partial charge in [0.2, 0.25) is 0 Å². The topological polar surface area (TPSA) is 0 Å². The van der Waals surface area contributed by atoms with Crippen molar-refractivity contribution in [3.8, 4) is 0 Å². The molecule has 0 radical (unpaired) electrons. The van der Waals surface area contributed by atoms with Gasteiger partial charge < -0.3 is 0 Å². The summed E-state index contributed by atoms with van der Waals surface area (Å²) in [6, 6.07) is 5.97. The van der Waals surface area contributed by atoms with E-state index in [0.717, 1.165) is 21.7 Å². The molecule has 0 saturated heterocycles. The van der Waals surface area contributed by atoms with Crippen LogP contribution in [0.2, 0.25) is 5.02 Å². The van der Waals surface area contributed by atoms with Crippen molar-refractivity contribution in [2.45, 2.75) is 12.8 Å². The maximum Gasteiger partial charge on any atom is 0.0487 e. The molecule has 1 aromatic rings. The summed E-state index contributed by atoms with van der Waals surface area (Å²) in [6.07, 6.45) is 0. The van der Waals surface area contributed by atoms with Gasteiger partial charge in [0.25, 0.3) is 0 Å². The predicted octanol–water partition coefficient (Wildman–Crippen LogP) is 4.03. The number of fused-ring (bicyclic) bond motifs is 1. The van der Waals surface area contributed by atoms with Crippen molar-refractivity contribution in [3.05, 3.63) is 53.1 Å². The molecule has 0 heterocycles. The fourth-order valence-corrected chi connectivity index (χ4v) is 2.13. The Morgan fingerprint density at radius 1 is 1.31 bits per heavy atom. The highest BCUT2D eigenvalue weighted by atomic mass is 35.5. The average molecular weight is 191 g/mol. The molecule has 0 amide bonds. The van der Waals surface area contributed by atoms with E-state index in [1.54, 1.807) is 0 Å². The van der Waals surface area contributed by atoms with Gasteiger partial charge in [-0.3, -0.25) is 0 Å². The van der Waals surface area contributed by atoms with Gasteiger partial charge in [0.05, 0.1) is 0 Å². The van der Waals surface area contributed by atoms with Crippen LogP contribution < -0.4 is 0 Å². The Kier molecular flexibility index (Phi) is 1.81. The van der Waals surface area contributed by atoms with E-state index in [1.165, 1.54) is 5.56 Å². The molecule has 0 aliphatic heterocycles. The molecule has 1 atom stereocenters. The molecule has 66 valence electrons. The number of hydrogen-bond donors (Lipinski definition) is 0. The van der Waals surface area contributed by atoms with Gasteiger partial charge in [-0.2, -0.15) is 0 Å². The van der Waals surface area contributed by atoms with Crippen molar-refractivity contribution in [1.82, 2.24) is 0 Å². The van der Waals surface area contributed by atoms with Crippen LogP contribution in [-0.4, -0.2) is 0 Å². The number of halogens is 1. The molecule has 1 aliphatic carbocycles. The van der Waals surface area contributed by atoms with Gasteiger partial charge in [-0.1, -0.05) is 43.8 Å². The standard InChI is InChI=1S/C12H11Cl/c1-7-8(2)10-5-4-6-11(13)12(10)9(7)3/h4-6,8H,1,3H2,2H3. The summed E-state index contributed by atoms with van der Waals surface area (Å²) in [4.78, 5) is 0. The van der Waals surface area contributed by atoms with Gasteiger partial charge in [-0.05, 0) is 22.8 Å². The molecule has 0 fully saturated rings. The third-order valence-corrected chi connectivity index (χ3v) is 3.04. The average Bonchev–Trinajstić information content (AvgIpc) is 2.33. The largest absolute Gasteiger partial charge is 0.0946 e. The van der Waals surface area contributed by atoms with Gasteiger partial charge >= 0.3 is 0 Å². The molecule has 1 aromatic carbocycles. The van der Waals surface area contributed by atoms with Crippen LogP contribution in [0.25, 0.3) is 5.57 Å². The zero-order valence-corrected chi connectivity index (χ0v) is 8.36. The second kappa shape index (κ2) is 2.74. The first kappa shape index (κ1) is 8.58. The summed E-state index contributed by atoms with van der Waals surface area (Å²) in [5.74, 6) is 0.362. The first-order chi connectivity index (χ1) is 6.13. The maximum absolute atomic E-state index is 6.09. The lowest BCUT2D eigenvalue weighted by Crippen LogP contribution is -1.86. The van der Waals surface area contributed by atoms with Gasteiger partial charge in [-0.25, -0.2) is 0 Å².